The van der Waals surface area contributed by atoms with E-state index >= 15 is 0 Å². The zero-order valence-electron chi connectivity index (χ0n) is 17.1. The van der Waals surface area contributed by atoms with Gasteiger partial charge in [0.2, 0.25) is 0 Å². The molecule has 0 saturated carbocycles. The number of hydrogen-bond donors (Lipinski definition) is 0. The lowest BCUT2D eigenvalue weighted by Crippen LogP contribution is -2.36. The van der Waals surface area contributed by atoms with Crippen molar-refractivity contribution in [1.82, 2.24) is 29.7 Å². The lowest BCUT2D eigenvalue weighted by atomic mass is 10.1. The van der Waals surface area contributed by atoms with Gasteiger partial charge in [-0.2, -0.15) is 5.10 Å². The largest absolute Gasteiger partial charge is 0.383 e. The second-order valence-corrected chi connectivity index (χ2v) is 7.46. The van der Waals surface area contributed by atoms with Crippen LogP contribution in [-0.4, -0.2) is 55.8 Å². The second kappa shape index (κ2) is 8.16. The molecule has 0 saturated heterocycles. The third kappa shape index (κ3) is 4.07. The molecule has 8 heteroatoms. The fourth-order valence-corrected chi connectivity index (χ4v) is 3.74. The number of aryl methyl sites for hydroxylation is 2. The zero-order valence-corrected chi connectivity index (χ0v) is 17.1. The van der Waals surface area contributed by atoms with Crippen molar-refractivity contribution in [2.45, 2.75) is 39.9 Å². The highest BCUT2D eigenvalue weighted by molar-refractivity contribution is 5.94. The van der Waals surface area contributed by atoms with E-state index in [1.54, 1.807) is 7.11 Å². The Labute approximate surface area is 170 Å². The maximum absolute atomic E-state index is 12.9. The van der Waals surface area contributed by atoms with Crippen LogP contribution in [0.4, 0.5) is 0 Å². The van der Waals surface area contributed by atoms with E-state index in [-0.39, 0.29) is 5.91 Å². The fourth-order valence-electron chi connectivity index (χ4n) is 3.74. The average molecular weight is 394 g/mol. The van der Waals surface area contributed by atoms with E-state index in [0.29, 0.717) is 38.3 Å². The highest BCUT2D eigenvalue weighted by Crippen LogP contribution is 2.19. The van der Waals surface area contributed by atoms with Crippen LogP contribution >= 0.6 is 0 Å². The molecular formula is C21H26N6O2. The number of ether oxygens (including phenoxy) is 1. The first-order chi connectivity index (χ1) is 14.0. The van der Waals surface area contributed by atoms with Gasteiger partial charge in [0.05, 0.1) is 37.6 Å². The van der Waals surface area contributed by atoms with Crippen molar-refractivity contribution in [3.05, 3.63) is 64.2 Å². The molecule has 3 heterocycles. The van der Waals surface area contributed by atoms with Crippen LogP contribution in [0.1, 0.15) is 38.7 Å². The molecule has 1 amide bonds. The Morgan fingerprint density at radius 3 is 2.66 bits per heavy atom. The minimum atomic E-state index is 0.0276. The fraction of sp³-hybridized carbons (Fsp3) is 0.429. The van der Waals surface area contributed by atoms with E-state index in [0.717, 1.165) is 34.8 Å². The number of carbonyl (C=O) groups is 1. The summed E-state index contributed by atoms with van der Waals surface area (Å²) in [5.41, 5.74) is 5.93. The highest BCUT2D eigenvalue weighted by atomic mass is 16.5. The molecule has 0 radical (unpaired) electrons. The van der Waals surface area contributed by atoms with E-state index in [2.05, 4.69) is 21.5 Å². The summed E-state index contributed by atoms with van der Waals surface area (Å²) in [4.78, 5) is 14.8. The molecule has 152 valence electrons. The van der Waals surface area contributed by atoms with Crippen LogP contribution in [0.25, 0.3) is 0 Å². The third-order valence-electron chi connectivity index (χ3n) is 5.31. The maximum Gasteiger partial charge on any atom is 0.254 e. The summed E-state index contributed by atoms with van der Waals surface area (Å²) in [5.74, 6) is 0.0276. The summed E-state index contributed by atoms with van der Waals surface area (Å²) in [5, 5.41) is 13.0. The summed E-state index contributed by atoms with van der Waals surface area (Å²) in [6.07, 6.45) is 0.758. The number of rotatable bonds is 6. The predicted octanol–water partition coefficient (Wildman–Crippen LogP) is 1.98. The topological polar surface area (TPSA) is 78.1 Å². The van der Waals surface area contributed by atoms with Crippen LogP contribution in [0.3, 0.4) is 0 Å². The van der Waals surface area contributed by atoms with Crippen LogP contribution in [0, 0.1) is 13.8 Å². The third-order valence-corrected chi connectivity index (χ3v) is 5.31. The van der Waals surface area contributed by atoms with Crippen molar-refractivity contribution in [1.29, 1.82) is 0 Å². The SMILES string of the molecule is COCCn1nnc2c1CCN(C(=O)c1ccc(Cn3nc(C)cc3C)cc1)C2. The van der Waals surface area contributed by atoms with Crippen molar-refractivity contribution in [2.24, 2.45) is 0 Å². The van der Waals surface area contributed by atoms with E-state index < -0.39 is 0 Å². The van der Waals surface area contributed by atoms with Crippen LogP contribution in [0.15, 0.2) is 30.3 Å². The Kier molecular flexibility index (Phi) is 5.44. The van der Waals surface area contributed by atoms with Gasteiger partial charge in [-0.25, -0.2) is 4.68 Å². The number of nitrogens with zero attached hydrogens (tertiary/aromatic N) is 6. The van der Waals surface area contributed by atoms with Gasteiger partial charge in [-0.05, 0) is 37.6 Å². The molecule has 1 aliphatic heterocycles. The van der Waals surface area contributed by atoms with Crippen molar-refractivity contribution in [2.75, 3.05) is 20.3 Å². The van der Waals surface area contributed by atoms with Gasteiger partial charge in [0.15, 0.2) is 0 Å². The molecule has 8 nitrogen and oxygen atoms in total. The summed E-state index contributed by atoms with van der Waals surface area (Å²) < 4.78 is 8.98. The van der Waals surface area contributed by atoms with E-state index in [1.807, 2.05) is 52.4 Å². The number of carbonyl (C=O) groups excluding carboxylic acids is 1. The molecule has 2 aromatic heterocycles. The standard InChI is InChI=1S/C21H26N6O2/c1-15-12-16(2)27(23-15)13-17-4-6-18(7-5-17)21(28)25-9-8-20-19(14-25)22-24-26(20)10-11-29-3/h4-7,12H,8-11,13-14H2,1-3H3. The summed E-state index contributed by atoms with van der Waals surface area (Å²) >= 11 is 0. The number of aromatic nitrogens is 5. The predicted molar refractivity (Wildman–Crippen MR) is 108 cm³/mol. The molecule has 0 bridgehead atoms. The molecule has 0 spiro atoms. The second-order valence-electron chi connectivity index (χ2n) is 7.46. The van der Waals surface area contributed by atoms with Crippen molar-refractivity contribution in [3.8, 4) is 0 Å². The molecule has 4 rings (SSSR count). The van der Waals surface area contributed by atoms with Gasteiger partial charge < -0.3 is 9.64 Å². The lowest BCUT2D eigenvalue weighted by molar-refractivity contribution is 0.0730. The number of methoxy groups -OCH3 is 1. The Balaban J connectivity index is 1.42. The molecule has 0 unspecified atom stereocenters. The summed E-state index contributed by atoms with van der Waals surface area (Å²) in [6.45, 7) is 7.19. The maximum atomic E-state index is 12.9. The van der Waals surface area contributed by atoms with Gasteiger partial charge in [0, 0.05) is 31.3 Å². The molecule has 1 aromatic carbocycles. The summed E-state index contributed by atoms with van der Waals surface area (Å²) in [7, 11) is 1.67. The first-order valence-corrected chi connectivity index (χ1v) is 9.84. The van der Waals surface area contributed by atoms with E-state index in [1.165, 1.54) is 0 Å². The van der Waals surface area contributed by atoms with Crippen LogP contribution in [0.5, 0.6) is 0 Å². The molecule has 0 N–H and O–H groups in total. The van der Waals surface area contributed by atoms with Crippen molar-refractivity contribution < 1.29 is 9.53 Å². The summed E-state index contributed by atoms with van der Waals surface area (Å²) in [6, 6.07) is 9.86. The molecule has 0 atom stereocenters. The Bertz CT molecular complexity index is 1000. The van der Waals surface area contributed by atoms with E-state index in [4.69, 9.17) is 4.74 Å². The number of hydrogen-bond acceptors (Lipinski definition) is 5. The first kappa shape index (κ1) is 19.3. The molecular weight excluding hydrogens is 368 g/mol. The quantitative estimate of drug-likeness (QED) is 0.639. The Morgan fingerprint density at radius 2 is 1.97 bits per heavy atom. The smallest absolute Gasteiger partial charge is 0.254 e. The molecule has 1 aliphatic rings. The Morgan fingerprint density at radius 1 is 1.17 bits per heavy atom. The zero-order chi connectivity index (χ0) is 20.4. The Hall–Kier alpha value is -3.00. The number of benzene rings is 1. The molecule has 0 aliphatic carbocycles. The van der Waals surface area contributed by atoms with Gasteiger partial charge in [-0.1, -0.05) is 17.3 Å². The molecule has 0 fully saturated rings. The van der Waals surface area contributed by atoms with Gasteiger partial charge in [0.25, 0.3) is 5.91 Å². The molecule has 3 aromatic rings. The number of fused-ring (bicyclic) bond motifs is 1. The average Bonchev–Trinajstić information content (AvgIpc) is 3.28. The number of amides is 1. The minimum Gasteiger partial charge on any atom is -0.383 e. The van der Waals surface area contributed by atoms with Gasteiger partial charge in [-0.15, -0.1) is 5.10 Å². The monoisotopic (exact) mass is 394 g/mol. The van der Waals surface area contributed by atoms with Crippen molar-refractivity contribution >= 4 is 5.91 Å². The van der Waals surface area contributed by atoms with Crippen LogP contribution in [0.2, 0.25) is 0 Å². The van der Waals surface area contributed by atoms with Crippen LogP contribution < -0.4 is 0 Å². The van der Waals surface area contributed by atoms with Gasteiger partial charge >= 0.3 is 0 Å². The minimum absolute atomic E-state index is 0.0276. The van der Waals surface area contributed by atoms with Crippen molar-refractivity contribution in [3.63, 3.8) is 0 Å². The van der Waals surface area contributed by atoms with Crippen LogP contribution in [-0.2, 0) is 30.8 Å². The van der Waals surface area contributed by atoms with E-state index in [9.17, 15) is 4.79 Å². The lowest BCUT2D eigenvalue weighted by Gasteiger charge is -2.26. The highest BCUT2D eigenvalue weighted by Gasteiger charge is 2.26. The normalized spacial score (nSPS) is 13.6. The van der Waals surface area contributed by atoms with Gasteiger partial charge in [-0.3, -0.25) is 9.48 Å². The first-order valence-electron chi connectivity index (χ1n) is 9.84. The molecule has 29 heavy (non-hydrogen) atoms. The van der Waals surface area contributed by atoms with Gasteiger partial charge in [0.1, 0.15) is 5.69 Å².